The van der Waals surface area contributed by atoms with Crippen LogP contribution in [0.3, 0.4) is 0 Å². The van der Waals surface area contributed by atoms with Gasteiger partial charge in [-0.05, 0) is 30.7 Å². The van der Waals surface area contributed by atoms with Gasteiger partial charge in [-0.25, -0.2) is 10.4 Å². The van der Waals surface area contributed by atoms with Crippen molar-refractivity contribution < 1.29 is 9.84 Å². The second-order valence-corrected chi connectivity index (χ2v) is 4.05. The van der Waals surface area contributed by atoms with Crippen LogP contribution in [0, 0.1) is 6.92 Å². The number of nitrogens with one attached hydrogen (secondary N) is 2. The molecule has 0 bridgehead atoms. The Bertz CT molecular complexity index is 694. The number of hydrazone groups is 1. The summed E-state index contributed by atoms with van der Waals surface area (Å²) in [6, 6.07) is 4.81. The number of aromatic hydroxyl groups is 1. The standard InChI is InChI=1S/C13H14N4O3/c1-8-6-14-13(16-12(8)19)17-15-7-9-3-4-10(18)11(5-9)20-2/h3-7,18H,1-2H3,(H2,14,16,17,19)/b15-7-. The van der Waals surface area contributed by atoms with Crippen molar-refractivity contribution in [2.24, 2.45) is 5.10 Å². The minimum atomic E-state index is -0.219. The summed E-state index contributed by atoms with van der Waals surface area (Å²) in [6.45, 7) is 1.67. The van der Waals surface area contributed by atoms with E-state index in [9.17, 15) is 9.90 Å². The average molecular weight is 274 g/mol. The number of hydrogen-bond donors (Lipinski definition) is 3. The molecule has 0 aliphatic heterocycles. The van der Waals surface area contributed by atoms with Crippen molar-refractivity contribution in [2.75, 3.05) is 12.5 Å². The molecular formula is C13H14N4O3. The molecule has 3 N–H and O–H groups in total. The van der Waals surface area contributed by atoms with E-state index in [0.717, 1.165) is 5.56 Å². The van der Waals surface area contributed by atoms with E-state index in [4.69, 9.17) is 4.74 Å². The molecule has 0 saturated heterocycles. The molecule has 7 nitrogen and oxygen atoms in total. The monoisotopic (exact) mass is 274 g/mol. The van der Waals surface area contributed by atoms with Crippen LogP contribution in [0.2, 0.25) is 0 Å². The van der Waals surface area contributed by atoms with Gasteiger partial charge in [0.25, 0.3) is 5.56 Å². The molecule has 1 aromatic heterocycles. The third-order valence-corrected chi connectivity index (χ3v) is 2.57. The zero-order valence-electron chi connectivity index (χ0n) is 11.0. The van der Waals surface area contributed by atoms with Gasteiger partial charge in [-0.2, -0.15) is 5.10 Å². The Morgan fingerprint density at radius 3 is 3.00 bits per heavy atom. The fourth-order valence-electron chi connectivity index (χ4n) is 1.46. The first-order chi connectivity index (χ1) is 9.60. The first kappa shape index (κ1) is 13.6. The van der Waals surface area contributed by atoms with Gasteiger partial charge in [-0.1, -0.05) is 0 Å². The summed E-state index contributed by atoms with van der Waals surface area (Å²) in [5.41, 5.74) is 3.65. The van der Waals surface area contributed by atoms with Gasteiger partial charge in [-0.15, -0.1) is 0 Å². The van der Waals surface area contributed by atoms with Crippen molar-refractivity contribution in [3.05, 3.63) is 45.9 Å². The number of aromatic nitrogens is 2. The van der Waals surface area contributed by atoms with Crippen molar-refractivity contribution in [1.82, 2.24) is 9.97 Å². The number of benzene rings is 1. The number of hydrogen-bond acceptors (Lipinski definition) is 6. The summed E-state index contributed by atoms with van der Waals surface area (Å²) in [4.78, 5) is 17.9. The maximum Gasteiger partial charge on any atom is 0.255 e. The molecule has 1 aromatic carbocycles. The number of ether oxygens (including phenoxy) is 1. The van der Waals surface area contributed by atoms with Crippen LogP contribution < -0.4 is 15.7 Å². The zero-order chi connectivity index (χ0) is 14.5. The quantitative estimate of drug-likeness (QED) is 0.575. The molecule has 0 aliphatic rings. The lowest BCUT2D eigenvalue weighted by Gasteiger charge is -2.03. The number of aromatic amines is 1. The van der Waals surface area contributed by atoms with Crippen molar-refractivity contribution >= 4 is 12.2 Å². The van der Waals surface area contributed by atoms with Gasteiger partial charge in [-0.3, -0.25) is 9.78 Å². The fraction of sp³-hybridized carbons (Fsp3) is 0.154. The summed E-state index contributed by atoms with van der Waals surface area (Å²) >= 11 is 0. The Labute approximate surface area is 115 Å². The van der Waals surface area contributed by atoms with Crippen molar-refractivity contribution in [2.45, 2.75) is 6.92 Å². The Hall–Kier alpha value is -2.83. The number of rotatable bonds is 4. The van der Waals surface area contributed by atoms with E-state index >= 15 is 0 Å². The van der Waals surface area contributed by atoms with Gasteiger partial charge in [0.2, 0.25) is 5.95 Å². The highest BCUT2D eigenvalue weighted by Crippen LogP contribution is 2.25. The Kier molecular flexibility index (Phi) is 3.99. The normalized spacial score (nSPS) is 10.7. The maximum absolute atomic E-state index is 11.4. The lowest BCUT2D eigenvalue weighted by Crippen LogP contribution is -2.12. The van der Waals surface area contributed by atoms with Gasteiger partial charge >= 0.3 is 0 Å². The molecule has 20 heavy (non-hydrogen) atoms. The minimum absolute atomic E-state index is 0.0575. The van der Waals surface area contributed by atoms with Crippen LogP contribution in [-0.2, 0) is 0 Å². The summed E-state index contributed by atoms with van der Waals surface area (Å²) in [5.74, 6) is 0.667. The molecule has 0 amide bonds. The van der Waals surface area contributed by atoms with Gasteiger partial charge < -0.3 is 9.84 Å². The van der Waals surface area contributed by atoms with Crippen LogP contribution in [0.4, 0.5) is 5.95 Å². The Morgan fingerprint density at radius 2 is 2.30 bits per heavy atom. The third-order valence-electron chi connectivity index (χ3n) is 2.57. The molecule has 0 saturated carbocycles. The van der Waals surface area contributed by atoms with Crippen LogP contribution in [0.1, 0.15) is 11.1 Å². The number of anilines is 1. The highest BCUT2D eigenvalue weighted by atomic mass is 16.5. The second kappa shape index (κ2) is 5.87. The number of phenols is 1. The Balaban J connectivity index is 2.10. The molecule has 0 aliphatic carbocycles. The SMILES string of the molecule is COc1cc(/C=N\Nc2ncc(C)c(=O)[nH]2)ccc1O. The lowest BCUT2D eigenvalue weighted by molar-refractivity contribution is 0.373. The van der Waals surface area contributed by atoms with Gasteiger partial charge in [0, 0.05) is 11.8 Å². The van der Waals surface area contributed by atoms with Crippen LogP contribution in [0.25, 0.3) is 0 Å². The minimum Gasteiger partial charge on any atom is -0.504 e. The van der Waals surface area contributed by atoms with E-state index in [1.54, 1.807) is 19.1 Å². The molecule has 0 fully saturated rings. The largest absolute Gasteiger partial charge is 0.504 e. The molecule has 0 unspecified atom stereocenters. The molecule has 0 spiro atoms. The summed E-state index contributed by atoms with van der Waals surface area (Å²) in [6.07, 6.45) is 2.97. The van der Waals surface area contributed by atoms with Crippen LogP contribution in [-0.4, -0.2) is 28.4 Å². The molecule has 0 radical (unpaired) electrons. The maximum atomic E-state index is 11.4. The highest BCUT2D eigenvalue weighted by Gasteiger charge is 2.01. The number of aryl methyl sites for hydroxylation is 1. The molecular weight excluding hydrogens is 260 g/mol. The predicted octanol–water partition coefficient (Wildman–Crippen LogP) is 1.24. The van der Waals surface area contributed by atoms with E-state index in [1.165, 1.54) is 25.6 Å². The van der Waals surface area contributed by atoms with Crippen molar-refractivity contribution in [1.29, 1.82) is 0 Å². The highest BCUT2D eigenvalue weighted by molar-refractivity contribution is 5.81. The van der Waals surface area contributed by atoms with Gasteiger partial charge in [0.1, 0.15) is 0 Å². The van der Waals surface area contributed by atoms with E-state index < -0.39 is 0 Å². The van der Waals surface area contributed by atoms with E-state index in [2.05, 4.69) is 20.5 Å². The number of nitrogens with zero attached hydrogens (tertiary/aromatic N) is 2. The summed E-state index contributed by atoms with van der Waals surface area (Å²) in [5, 5.41) is 13.4. The number of methoxy groups -OCH3 is 1. The first-order valence-electron chi connectivity index (χ1n) is 5.82. The molecule has 2 aromatic rings. The van der Waals surface area contributed by atoms with E-state index in [1.807, 2.05) is 0 Å². The van der Waals surface area contributed by atoms with Crippen LogP contribution in [0.5, 0.6) is 11.5 Å². The summed E-state index contributed by atoms with van der Waals surface area (Å²) in [7, 11) is 1.47. The smallest absolute Gasteiger partial charge is 0.255 e. The summed E-state index contributed by atoms with van der Waals surface area (Å²) < 4.78 is 4.99. The van der Waals surface area contributed by atoms with Crippen LogP contribution >= 0.6 is 0 Å². The molecule has 1 heterocycles. The molecule has 0 atom stereocenters. The second-order valence-electron chi connectivity index (χ2n) is 4.05. The first-order valence-corrected chi connectivity index (χ1v) is 5.82. The lowest BCUT2D eigenvalue weighted by atomic mass is 10.2. The number of H-pyrrole nitrogens is 1. The Morgan fingerprint density at radius 1 is 1.50 bits per heavy atom. The molecule has 2 rings (SSSR count). The van der Waals surface area contributed by atoms with Crippen molar-refractivity contribution in [3.63, 3.8) is 0 Å². The van der Waals surface area contributed by atoms with E-state index in [-0.39, 0.29) is 17.3 Å². The topological polar surface area (TPSA) is 99.6 Å². The third kappa shape index (κ3) is 3.14. The van der Waals surface area contributed by atoms with Crippen LogP contribution in [0.15, 0.2) is 34.3 Å². The predicted molar refractivity (Wildman–Crippen MR) is 75.5 cm³/mol. The van der Waals surface area contributed by atoms with Gasteiger partial charge in [0.15, 0.2) is 11.5 Å². The number of phenolic OH excluding ortho intramolecular Hbond substituents is 1. The van der Waals surface area contributed by atoms with Crippen molar-refractivity contribution in [3.8, 4) is 11.5 Å². The zero-order valence-corrected chi connectivity index (χ0v) is 11.0. The van der Waals surface area contributed by atoms with E-state index in [0.29, 0.717) is 11.3 Å². The fourth-order valence-corrected chi connectivity index (χ4v) is 1.46. The molecule has 104 valence electrons. The average Bonchev–Trinajstić information content (AvgIpc) is 2.44. The molecule has 7 heteroatoms. The van der Waals surface area contributed by atoms with Gasteiger partial charge in [0.05, 0.1) is 13.3 Å².